The first-order chi connectivity index (χ1) is 53.1. The van der Waals surface area contributed by atoms with Gasteiger partial charge in [0.1, 0.15) is 62.7 Å². The Morgan fingerprint density at radius 2 is 0.487 bits per heavy atom. The molecule has 0 amide bonds. The quantitative estimate of drug-likeness (QED) is 0.0197. The summed E-state index contributed by atoms with van der Waals surface area (Å²) in [6, 6.07) is 29.3. The predicted molar refractivity (Wildman–Crippen MR) is 404 cm³/mol. The minimum absolute atomic E-state index is 0.0193. The van der Waals surface area contributed by atoms with Gasteiger partial charge in [0.25, 0.3) is 0 Å². The van der Waals surface area contributed by atoms with E-state index >= 15 is 0 Å². The Kier molecular flexibility index (Phi) is 47.2. The van der Waals surface area contributed by atoms with Crippen molar-refractivity contribution in [2.45, 2.75) is 227 Å². The normalized spacial score (nSPS) is 14.8. The lowest BCUT2D eigenvalue weighted by molar-refractivity contribution is -0.184. The minimum atomic E-state index is -1.97. The fraction of sp³-hybridized carbons (Fsp3) is 0.519. The first-order valence-electron chi connectivity index (χ1n) is 36.6. The van der Waals surface area contributed by atoms with E-state index in [1.165, 1.54) is 0 Å². The molecule has 4 aromatic rings. The number of benzene rings is 4. The molecular weight excluding hydrogens is 1480 g/mol. The third-order valence-corrected chi connectivity index (χ3v) is 17.2. The van der Waals surface area contributed by atoms with Gasteiger partial charge in [-0.1, -0.05) is 224 Å². The molecule has 626 valence electrons. The maximum atomic E-state index is 12.6. The SMILES string of the molecule is CC(C)C(N)C(=O)OC(CC(=O)OCc1ccccc1)C(=O)O.CC(C)C(N)C(=O)OC(CC(=O)OCc1ccccc1)C(OC(=O)C(N)C(C)C)C(=O)O.CCC(C)C(N)C(=O)OC(CC(=O)OCc1ccccc1)C(=O)O.CCC(C)C(N)C(=O)OC(CC(=O)OCc1ccccc1)C(OC(=O)C(N)C(C)CC)C(=O)O. The summed E-state index contributed by atoms with van der Waals surface area (Å²) in [6.45, 7) is 20.7. The number of carbonyl (C=O) groups excluding carboxylic acids is 10. The molecule has 0 aliphatic rings. The highest BCUT2D eigenvalue weighted by Gasteiger charge is 2.42. The number of hydrogen-bond acceptors (Lipinski definition) is 30. The van der Waals surface area contributed by atoms with Gasteiger partial charge in [-0.25, -0.2) is 19.2 Å². The fourth-order valence-corrected chi connectivity index (χ4v) is 8.75. The second-order valence-electron chi connectivity index (χ2n) is 27.3. The highest BCUT2D eigenvalue weighted by molar-refractivity contribution is 5.87. The molecule has 0 fully saturated rings. The van der Waals surface area contributed by atoms with Gasteiger partial charge in [-0.05, 0) is 57.8 Å². The maximum Gasteiger partial charge on any atom is 0.349 e. The first kappa shape index (κ1) is 100. The molecule has 113 heavy (non-hydrogen) atoms. The van der Waals surface area contributed by atoms with Crippen LogP contribution in [0.3, 0.4) is 0 Å². The highest BCUT2D eigenvalue weighted by atomic mass is 16.6. The second kappa shape index (κ2) is 53.2. The van der Waals surface area contributed by atoms with Gasteiger partial charge in [0.2, 0.25) is 24.4 Å². The van der Waals surface area contributed by atoms with Crippen molar-refractivity contribution >= 4 is 83.6 Å². The molecule has 0 heterocycles. The molecule has 15 unspecified atom stereocenters. The molecule has 0 saturated heterocycles. The van der Waals surface area contributed by atoms with Crippen molar-refractivity contribution in [1.29, 1.82) is 0 Å². The van der Waals surface area contributed by atoms with Crippen LogP contribution in [0.2, 0.25) is 0 Å². The van der Waals surface area contributed by atoms with Crippen LogP contribution in [0.4, 0.5) is 0 Å². The first-order valence-corrected chi connectivity index (χ1v) is 36.6. The summed E-state index contributed by atoms with van der Waals surface area (Å²) in [5.74, 6) is -16.4. The average molecular weight is 1590 g/mol. The minimum Gasteiger partial charge on any atom is -0.478 e. The van der Waals surface area contributed by atoms with E-state index in [0.29, 0.717) is 30.4 Å². The second-order valence-corrected chi connectivity index (χ2v) is 27.3. The van der Waals surface area contributed by atoms with E-state index in [2.05, 4.69) is 0 Å². The van der Waals surface area contributed by atoms with Crippen molar-refractivity contribution in [2.24, 2.45) is 69.9 Å². The summed E-state index contributed by atoms with van der Waals surface area (Å²) >= 11 is 0. The third-order valence-electron chi connectivity index (χ3n) is 17.2. The Bertz CT molecular complexity index is 3630. The Labute approximate surface area is 656 Å². The summed E-state index contributed by atoms with van der Waals surface area (Å²) < 4.78 is 50.5. The molecular formula is C79H112N6O28. The lowest BCUT2D eigenvalue weighted by atomic mass is 10.00. The molecule has 0 aliphatic carbocycles. The molecule has 0 saturated carbocycles. The van der Waals surface area contributed by atoms with Crippen molar-refractivity contribution in [3.63, 3.8) is 0 Å². The number of aliphatic carboxylic acids is 4. The van der Waals surface area contributed by atoms with Crippen LogP contribution in [0.25, 0.3) is 0 Å². The van der Waals surface area contributed by atoms with E-state index in [9.17, 15) is 77.3 Å². The van der Waals surface area contributed by atoms with E-state index in [1.54, 1.807) is 172 Å². The summed E-state index contributed by atoms with van der Waals surface area (Å²) in [7, 11) is 0. The van der Waals surface area contributed by atoms with Crippen molar-refractivity contribution in [2.75, 3.05) is 0 Å². The standard InChI is InChI=1S/C24H36N2O8.C22H32N2O8.C17H23NO6.C16H21NO6/c1-5-14(3)19(25)23(30)33-17(12-18(27)32-13-16-10-8-7-9-11-16)21(22(28)29)34-24(31)20(26)15(4)6-2;1-12(2)17(23)21(28)31-15(10-16(25)30-11-14-8-6-5-7-9-14)19(20(26)27)32-22(29)18(24)13(3)4;1-3-11(2)15(18)17(22)24-13(16(20)21)9-14(19)23-10-12-7-5-4-6-8-12;1-10(2)14(17)16(21)23-12(15(19)20)8-13(18)22-9-11-6-4-3-5-7-11/h7-11,14-15,17,19-21H,5-6,12-13,25-26H2,1-4H3,(H,28,29);5-9,12-13,15,17-19H,10-11,23-24H2,1-4H3,(H,26,27);4-8,11,13,15H,3,9-10,18H2,1-2H3,(H,20,21);3-7,10,12,14H,8-9,17H2,1-2H3,(H,19,20). The lowest BCUT2D eigenvalue weighted by Gasteiger charge is -2.27. The van der Waals surface area contributed by atoms with Crippen molar-refractivity contribution < 1.29 is 135 Å². The Morgan fingerprint density at radius 1 is 0.283 bits per heavy atom. The maximum absolute atomic E-state index is 12.6. The van der Waals surface area contributed by atoms with Crippen LogP contribution in [-0.2, 0) is 141 Å². The molecule has 4 aromatic carbocycles. The van der Waals surface area contributed by atoms with Crippen molar-refractivity contribution in [3.05, 3.63) is 144 Å². The summed E-state index contributed by atoms with van der Waals surface area (Å²) in [4.78, 5) is 168. The average Bonchev–Trinajstić information content (AvgIpc) is 0.848. The van der Waals surface area contributed by atoms with Crippen molar-refractivity contribution in [3.8, 4) is 0 Å². The van der Waals surface area contributed by atoms with Crippen LogP contribution in [0.5, 0.6) is 0 Å². The van der Waals surface area contributed by atoms with Gasteiger partial charge in [0, 0.05) is 0 Å². The highest BCUT2D eigenvalue weighted by Crippen LogP contribution is 2.21. The Hall–Kier alpha value is -10.8. The smallest absolute Gasteiger partial charge is 0.349 e. The van der Waals surface area contributed by atoms with Crippen LogP contribution in [0, 0.1) is 35.5 Å². The molecule has 0 aromatic heterocycles. The molecule has 34 heteroatoms. The molecule has 0 bridgehead atoms. The fourth-order valence-electron chi connectivity index (χ4n) is 8.75. The molecule has 0 radical (unpaired) electrons. The number of carbonyl (C=O) groups is 14. The molecule has 0 aliphatic heterocycles. The lowest BCUT2D eigenvalue weighted by Crippen LogP contribution is -2.49. The number of rotatable bonds is 43. The number of carboxylic acid groups (broad SMARTS) is 4. The Balaban J connectivity index is 0.000000763. The zero-order chi connectivity index (χ0) is 85.8. The molecule has 15 atom stereocenters. The van der Waals surface area contributed by atoms with Crippen LogP contribution in [0.1, 0.15) is 150 Å². The largest absolute Gasteiger partial charge is 0.478 e. The topological polar surface area (TPSA) is 568 Å². The predicted octanol–water partition coefficient (Wildman–Crippen LogP) is 5.36. The van der Waals surface area contributed by atoms with Gasteiger partial charge in [-0.3, -0.25) is 47.9 Å². The number of hydrogen-bond donors (Lipinski definition) is 10. The van der Waals surface area contributed by atoms with E-state index < -0.39 is 182 Å². The zero-order valence-electron chi connectivity index (χ0n) is 65.8. The van der Waals surface area contributed by atoms with Crippen LogP contribution >= 0.6 is 0 Å². The van der Waals surface area contributed by atoms with Crippen molar-refractivity contribution in [1.82, 2.24) is 0 Å². The van der Waals surface area contributed by atoms with Crippen LogP contribution in [-0.4, -0.2) is 177 Å². The molecule has 16 N–H and O–H groups in total. The number of nitrogens with two attached hydrogens (primary N) is 6. The van der Waals surface area contributed by atoms with E-state index in [-0.39, 0.29) is 61.9 Å². The van der Waals surface area contributed by atoms with E-state index in [0.717, 1.165) is 11.1 Å². The molecule has 34 nitrogen and oxygen atoms in total. The number of esters is 10. The van der Waals surface area contributed by atoms with E-state index in [4.69, 9.17) is 92.0 Å². The zero-order valence-corrected chi connectivity index (χ0v) is 65.8. The van der Waals surface area contributed by atoms with E-state index in [1.807, 2.05) is 32.9 Å². The Morgan fingerprint density at radius 3 is 0.708 bits per heavy atom. The van der Waals surface area contributed by atoms with Gasteiger partial charge >= 0.3 is 83.6 Å². The molecule has 4 rings (SSSR count). The van der Waals surface area contributed by atoms with Gasteiger partial charge in [-0.2, -0.15) is 0 Å². The van der Waals surface area contributed by atoms with Crippen LogP contribution in [0.15, 0.2) is 121 Å². The monoisotopic (exact) mass is 1590 g/mol. The van der Waals surface area contributed by atoms with Gasteiger partial charge < -0.3 is 102 Å². The van der Waals surface area contributed by atoms with Crippen LogP contribution < -0.4 is 34.4 Å². The summed E-state index contributed by atoms with van der Waals surface area (Å²) in [5, 5.41) is 37.5. The summed E-state index contributed by atoms with van der Waals surface area (Å²) in [5.41, 5.74) is 37.5. The van der Waals surface area contributed by atoms with Gasteiger partial charge in [0.05, 0.1) is 25.7 Å². The third kappa shape index (κ3) is 39.3. The number of ether oxygens (including phenoxy) is 10. The van der Waals surface area contributed by atoms with Gasteiger partial charge in [0.15, 0.2) is 12.2 Å². The van der Waals surface area contributed by atoms with Gasteiger partial charge in [-0.15, -0.1) is 0 Å². The molecule has 0 spiro atoms. The summed E-state index contributed by atoms with van der Waals surface area (Å²) in [6.07, 6.45) is -11.2. The number of carboxylic acids is 4.